The highest BCUT2D eigenvalue weighted by molar-refractivity contribution is 7.13. The molecule has 0 bridgehead atoms. The number of thiazole rings is 1. The number of benzene rings is 1. The Hall–Kier alpha value is -2.81. The Labute approximate surface area is 123 Å². The molecule has 0 saturated carbocycles. The number of rotatable bonds is 4. The van der Waals surface area contributed by atoms with Gasteiger partial charge in [-0.3, -0.25) is 4.79 Å². The van der Waals surface area contributed by atoms with Crippen molar-refractivity contribution in [3.05, 3.63) is 35.5 Å². The zero-order valence-electron chi connectivity index (χ0n) is 10.9. The molecule has 21 heavy (non-hydrogen) atoms. The standard InChI is InChI=1S/C12H10N6O2S/c1-20-8-4-2-3-7(5-8)12-14-9(6-21-12)13-11(19)10-15-17-18-16-10/h2-6H,1H3,(H,13,19)(H,15,16,17,18). The third-order valence-electron chi connectivity index (χ3n) is 2.61. The summed E-state index contributed by atoms with van der Waals surface area (Å²) in [4.78, 5) is 16.1. The maximum Gasteiger partial charge on any atom is 0.298 e. The largest absolute Gasteiger partial charge is 0.497 e. The Morgan fingerprint density at radius 2 is 2.33 bits per heavy atom. The first-order valence-electron chi connectivity index (χ1n) is 5.91. The van der Waals surface area contributed by atoms with E-state index in [1.807, 2.05) is 24.3 Å². The number of carbonyl (C=O) groups is 1. The molecule has 0 atom stereocenters. The van der Waals surface area contributed by atoms with Gasteiger partial charge < -0.3 is 10.1 Å². The quantitative estimate of drug-likeness (QED) is 0.758. The minimum atomic E-state index is -0.466. The second-order valence-electron chi connectivity index (χ2n) is 3.96. The molecule has 9 heteroatoms. The number of tetrazole rings is 1. The van der Waals surface area contributed by atoms with Crippen LogP contribution in [0.3, 0.4) is 0 Å². The highest BCUT2D eigenvalue weighted by Crippen LogP contribution is 2.28. The molecule has 1 amide bonds. The number of nitrogens with zero attached hydrogens (tertiary/aromatic N) is 4. The summed E-state index contributed by atoms with van der Waals surface area (Å²) in [5, 5.41) is 17.9. The maximum absolute atomic E-state index is 11.8. The molecular formula is C12H10N6O2S. The molecule has 0 radical (unpaired) electrons. The zero-order valence-corrected chi connectivity index (χ0v) is 11.7. The van der Waals surface area contributed by atoms with Crippen molar-refractivity contribution in [3.8, 4) is 16.3 Å². The van der Waals surface area contributed by atoms with Gasteiger partial charge in [0.05, 0.1) is 7.11 Å². The molecule has 0 aliphatic heterocycles. The predicted molar refractivity (Wildman–Crippen MR) is 76.2 cm³/mol. The van der Waals surface area contributed by atoms with Crippen molar-refractivity contribution in [2.75, 3.05) is 12.4 Å². The Morgan fingerprint density at radius 3 is 3.10 bits per heavy atom. The number of carbonyl (C=O) groups excluding carboxylic acids is 1. The highest BCUT2D eigenvalue weighted by Gasteiger charge is 2.13. The van der Waals surface area contributed by atoms with Crippen LogP contribution in [0.5, 0.6) is 5.75 Å². The summed E-state index contributed by atoms with van der Waals surface area (Å²) in [7, 11) is 1.61. The van der Waals surface area contributed by atoms with Gasteiger partial charge >= 0.3 is 0 Å². The van der Waals surface area contributed by atoms with E-state index in [0.29, 0.717) is 5.82 Å². The van der Waals surface area contributed by atoms with Crippen LogP contribution in [0.15, 0.2) is 29.6 Å². The van der Waals surface area contributed by atoms with Crippen molar-refractivity contribution in [1.29, 1.82) is 0 Å². The molecule has 1 aromatic carbocycles. The van der Waals surface area contributed by atoms with Crippen molar-refractivity contribution >= 4 is 23.1 Å². The fraction of sp³-hybridized carbons (Fsp3) is 0.0833. The maximum atomic E-state index is 11.8. The zero-order chi connectivity index (χ0) is 14.7. The molecule has 0 aliphatic rings. The van der Waals surface area contributed by atoms with Gasteiger partial charge in [0.1, 0.15) is 16.6 Å². The molecule has 106 valence electrons. The number of anilines is 1. The number of amides is 1. The smallest absolute Gasteiger partial charge is 0.298 e. The molecular weight excluding hydrogens is 292 g/mol. The van der Waals surface area contributed by atoms with E-state index < -0.39 is 5.91 Å². The Bertz CT molecular complexity index is 755. The van der Waals surface area contributed by atoms with Crippen molar-refractivity contribution in [3.63, 3.8) is 0 Å². The molecule has 3 rings (SSSR count). The van der Waals surface area contributed by atoms with E-state index in [1.54, 1.807) is 12.5 Å². The second-order valence-corrected chi connectivity index (χ2v) is 4.82. The number of H-pyrrole nitrogens is 1. The van der Waals surface area contributed by atoms with Gasteiger partial charge in [0.15, 0.2) is 0 Å². The molecule has 0 unspecified atom stereocenters. The second kappa shape index (κ2) is 5.67. The molecule has 8 nitrogen and oxygen atoms in total. The van der Waals surface area contributed by atoms with Gasteiger partial charge in [0, 0.05) is 10.9 Å². The Kier molecular flexibility index (Phi) is 3.56. The van der Waals surface area contributed by atoms with Crippen LogP contribution in [0.4, 0.5) is 5.82 Å². The van der Waals surface area contributed by atoms with E-state index in [-0.39, 0.29) is 5.82 Å². The lowest BCUT2D eigenvalue weighted by molar-refractivity contribution is 0.101. The molecule has 2 heterocycles. The first-order valence-corrected chi connectivity index (χ1v) is 6.79. The van der Waals surface area contributed by atoms with Gasteiger partial charge in [0.25, 0.3) is 11.7 Å². The van der Waals surface area contributed by atoms with Crippen molar-refractivity contribution in [1.82, 2.24) is 25.6 Å². The molecule has 0 saturated heterocycles. The monoisotopic (exact) mass is 302 g/mol. The lowest BCUT2D eigenvalue weighted by Crippen LogP contribution is -2.14. The molecule has 2 aromatic heterocycles. The molecule has 2 N–H and O–H groups in total. The summed E-state index contributed by atoms with van der Waals surface area (Å²) in [6.45, 7) is 0. The van der Waals surface area contributed by atoms with Crippen LogP contribution in [0.2, 0.25) is 0 Å². The summed E-state index contributed by atoms with van der Waals surface area (Å²) < 4.78 is 5.18. The third-order valence-corrected chi connectivity index (χ3v) is 3.50. The fourth-order valence-electron chi connectivity index (χ4n) is 1.65. The first kappa shape index (κ1) is 13.2. The number of hydrogen-bond donors (Lipinski definition) is 2. The predicted octanol–water partition coefficient (Wildman–Crippen LogP) is 1.58. The van der Waals surface area contributed by atoms with Crippen LogP contribution in [-0.4, -0.2) is 38.6 Å². The minimum Gasteiger partial charge on any atom is -0.497 e. The first-order chi connectivity index (χ1) is 10.3. The van der Waals surface area contributed by atoms with Crippen LogP contribution in [0.25, 0.3) is 10.6 Å². The molecule has 0 fully saturated rings. The van der Waals surface area contributed by atoms with Crippen LogP contribution < -0.4 is 10.1 Å². The number of hydrogen-bond acceptors (Lipinski definition) is 7. The number of ether oxygens (including phenoxy) is 1. The Morgan fingerprint density at radius 1 is 1.43 bits per heavy atom. The Balaban J connectivity index is 1.78. The lowest BCUT2D eigenvalue weighted by Gasteiger charge is -2.01. The van der Waals surface area contributed by atoms with E-state index in [0.717, 1.165) is 16.3 Å². The summed E-state index contributed by atoms with van der Waals surface area (Å²) in [6.07, 6.45) is 0. The number of aromatic amines is 1. The molecule has 3 aromatic rings. The minimum absolute atomic E-state index is 0.0362. The van der Waals surface area contributed by atoms with Gasteiger partial charge in [-0.2, -0.15) is 5.21 Å². The summed E-state index contributed by atoms with van der Waals surface area (Å²) in [5.74, 6) is 0.685. The summed E-state index contributed by atoms with van der Waals surface area (Å²) in [6, 6.07) is 7.54. The normalized spacial score (nSPS) is 10.3. The number of nitrogens with one attached hydrogen (secondary N) is 2. The third kappa shape index (κ3) is 2.87. The lowest BCUT2D eigenvalue weighted by atomic mass is 10.2. The summed E-state index contributed by atoms with van der Waals surface area (Å²) in [5.41, 5.74) is 0.916. The SMILES string of the molecule is COc1cccc(-c2nc(NC(=O)c3nn[nH]n3)cs2)c1. The molecule has 0 aliphatic carbocycles. The summed E-state index contributed by atoms with van der Waals surface area (Å²) >= 11 is 1.42. The van der Waals surface area contributed by atoms with E-state index in [1.165, 1.54) is 11.3 Å². The van der Waals surface area contributed by atoms with Crippen LogP contribution >= 0.6 is 11.3 Å². The van der Waals surface area contributed by atoms with Gasteiger partial charge in [-0.25, -0.2) is 4.98 Å². The van der Waals surface area contributed by atoms with Crippen LogP contribution in [0.1, 0.15) is 10.6 Å². The van der Waals surface area contributed by atoms with E-state index in [2.05, 4.69) is 30.9 Å². The number of methoxy groups -OCH3 is 1. The van der Waals surface area contributed by atoms with Crippen LogP contribution in [0, 0.1) is 0 Å². The van der Waals surface area contributed by atoms with E-state index >= 15 is 0 Å². The number of aromatic nitrogens is 5. The fourth-order valence-corrected chi connectivity index (χ4v) is 2.40. The van der Waals surface area contributed by atoms with Gasteiger partial charge in [-0.05, 0) is 17.3 Å². The van der Waals surface area contributed by atoms with E-state index in [9.17, 15) is 4.79 Å². The average Bonchev–Trinajstić information content (AvgIpc) is 3.18. The average molecular weight is 302 g/mol. The topological polar surface area (TPSA) is 106 Å². The van der Waals surface area contributed by atoms with Crippen LogP contribution in [-0.2, 0) is 0 Å². The van der Waals surface area contributed by atoms with Crippen molar-refractivity contribution in [2.45, 2.75) is 0 Å². The van der Waals surface area contributed by atoms with Gasteiger partial charge in [-0.1, -0.05) is 12.1 Å². The van der Waals surface area contributed by atoms with Crippen molar-refractivity contribution in [2.24, 2.45) is 0 Å². The van der Waals surface area contributed by atoms with Gasteiger partial charge in [0.2, 0.25) is 0 Å². The molecule has 0 spiro atoms. The van der Waals surface area contributed by atoms with E-state index in [4.69, 9.17) is 4.74 Å². The van der Waals surface area contributed by atoms with Gasteiger partial charge in [-0.15, -0.1) is 21.5 Å². The van der Waals surface area contributed by atoms with Crippen molar-refractivity contribution < 1.29 is 9.53 Å². The highest BCUT2D eigenvalue weighted by atomic mass is 32.1.